The second-order valence-corrected chi connectivity index (χ2v) is 8.86. The minimum absolute atomic E-state index is 1.12. The van der Waals surface area contributed by atoms with Crippen LogP contribution in [0.4, 0.5) is 0 Å². The third-order valence-corrected chi connectivity index (χ3v) is 2.66. The van der Waals surface area contributed by atoms with Crippen LogP contribution in [0.5, 0.6) is 0 Å². The molecule has 0 amide bonds. The van der Waals surface area contributed by atoms with Crippen molar-refractivity contribution in [3.63, 3.8) is 0 Å². The summed E-state index contributed by atoms with van der Waals surface area (Å²) in [4.78, 5) is 0. The highest BCUT2D eigenvalue weighted by molar-refractivity contribution is 6.70. The summed E-state index contributed by atoms with van der Waals surface area (Å²) in [6.45, 7) is 11.0. The Bertz CT molecular complexity index is 156. The first-order chi connectivity index (χ1) is 5.99. The maximum Gasteiger partial charge on any atom is 0.241 e. The van der Waals surface area contributed by atoms with Crippen molar-refractivity contribution in [2.45, 2.75) is 59.2 Å². The van der Waals surface area contributed by atoms with Gasteiger partial charge in [-0.15, -0.1) is 0 Å². The number of hydrogen-bond acceptors (Lipinski definition) is 1. The van der Waals surface area contributed by atoms with Crippen LogP contribution in [0.1, 0.15) is 39.5 Å². The zero-order valence-electron chi connectivity index (χ0n) is 9.81. The van der Waals surface area contributed by atoms with Crippen molar-refractivity contribution >= 4 is 8.32 Å². The fourth-order valence-electron chi connectivity index (χ4n) is 1.20. The van der Waals surface area contributed by atoms with E-state index in [2.05, 4.69) is 39.6 Å². The zero-order chi connectivity index (χ0) is 10.3. The molecule has 0 aromatic carbocycles. The van der Waals surface area contributed by atoms with E-state index in [4.69, 9.17) is 4.43 Å². The topological polar surface area (TPSA) is 9.23 Å². The maximum atomic E-state index is 5.93. The molecule has 0 heterocycles. The van der Waals surface area contributed by atoms with E-state index >= 15 is 0 Å². The third-order valence-electron chi connectivity index (χ3n) is 1.79. The Morgan fingerprint density at radius 3 is 2.23 bits per heavy atom. The largest absolute Gasteiger partial charge is 0.548 e. The highest BCUT2D eigenvalue weighted by Crippen LogP contribution is 2.16. The molecule has 0 bridgehead atoms. The van der Waals surface area contributed by atoms with Crippen molar-refractivity contribution in [1.82, 2.24) is 0 Å². The Morgan fingerprint density at radius 2 is 1.85 bits per heavy atom. The van der Waals surface area contributed by atoms with Gasteiger partial charge < -0.3 is 4.43 Å². The van der Waals surface area contributed by atoms with E-state index in [0.717, 1.165) is 6.42 Å². The van der Waals surface area contributed by atoms with Crippen LogP contribution < -0.4 is 0 Å². The Hall–Kier alpha value is -0.243. The predicted molar refractivity (Wildman–Crippen MR) is 62.3 cm³/mol. The lowest BCUT2D eigenvalue weighted by molar-refractivity contribution is 0.391. The third kappa shape index (κ3) is 8.10. The Labute approximate surface area is 84.3 Å². The van der Waals surface area contributed by atoms with Crippen molar-refractivity contribution in [2.24, 2.45) is 0 Å². The van der Waals surface area contributed by atoms with Crippen LogP contribution >= 0.6 is 0 Å². The van der Waals surface area contributed by atoms with Crippen LogP contribution in [0, 0.1) is 0 Å². The smallest absolute Gasteiger partial charge is 0.241 e. The van der Waals surface area contributed by atoms with Gasteiger partial charge in [0.25, 0.3) is 0 Å². The summed E-state index contributed by atoms with van der Waals surface area (Å²) >= 11 is 0. The quantitative estimate of drug-likeness (QED) is 0.352. The molecule has 0 fully saturated rings. The lowest BCUT2D eigenvalue weighted by atomic mass is 10.2. The maximum absolute atomic E-state index is 5.93. The van der Waals surface area contributed by atoms with E-state index in [0.29, 0.717) is 0 Å². The highest BCUT2D eigenvalue weighted by atomic mass is 28.4. The molecule has 0 aromatic rings. The molecular formula is C11H24OSi. The summed E-state index contributed by atoms with van der Waals surface area (Å²) in [5.74, 6) is 1.20. The summed E-state index contributed by atoms with van der Waals surface area (Å²) in [5, 5.41) is 0. The SMILES string of the molecule is C/C=C(\CCCCC)O[Si](C)(C)C. The van der Waals surface area contributed by atoms with Gasteiger partial charge in [-0.2, -0.15) is 0 Å². The molecule has 13 heavy (non-hydrogen) atoms. The molecule has 0 unspecified atom stereocenters. The fourth-order valence-corrected chi connectivity index (χ4v) is 2.20. The second-order valence-electron chi connectivity index (χ2n) is 4.43. The molecule has 0 aliphatic rings. The van der Waals surface area contributed by atoms with Gasteiger partial charge in [0, 0.05) is 6.42 Å². The summed E-state index contributed by atoms with van der Waals surface area (Å²) < 4.78 is 5.93. The van der Waals surface area contributed by atoms with Crippen molar-refractivity contribution in [3.05, 3.63) is 11.8 Å². The van der Waals surface area contributed by atoms with E-state index in [9.17, 15) is 0 Å². The van der Waals surface area contributed by atoms with Crippen LogP contribution in [-0.2, 0) is 4.43 Å². The molecule has 0 N–H and O–H groups in total. The molecular weight excluding hydrogens is 176 g/mol. The molecule has 0 radical (unpaired) electrons. The highest BCUT2D eigenvalue weighted by Gasteiger charge is 2.16. The fraction of sp³-hybridized carbons (Fsp3) is 0.818. The van der Waals surface area contributed by atoms with Crippen LogP contribution in [0.25, 0.3) is 0 Å². The van der Waals surface area contributed by atoms with Crippen LogP contribution in [0.3, 0.4) is 0 Å². The first-order valence-corrected chi connectivity index (χ1v) is 8.74. The number of unbranched alkanes of at least 4 members (excludes halogenated alkanes) is 2. The van der Waals surface area contributed by atoms with Crippen molar-refractivity contribution in [2.75, 3.05) is 0 Å². The van der Waals surface area contributed by atoms with E-state index in [-0.39, 0.29) is 0 Å². The molecule has 0 aliphatic carbocycles. The van der Waals surface area contributed by atoms with Crippen LogP contribution in [0.15, 0.2) is 11.8 Å². The molecule has 0 aromatic heterocycles. The van der Waals surface area contributed by atoms with E-state index in [1.54, 1.807) is 0 Å². The summed E-state index contributed by atoms with van der Waals surface area (Å²) in [6.07, 6.45) is 7.10. The van der Waals surface area contributed by atoms with Gasteiger partial charge in [-0.1, -0.05) is 25.8 Å². The van der Waals surface area contributed by atoms with E-state index in [1.165, 1.54) is 25.0 Å². The molecule has 0 saturated carbocycles. The van der Waals surface area contributed by atoms with Gasteiger partial charge in [0.2, 0.25) is 8.32 Å². The van der Waals surface area contributed by atoms with Gasteiger partial charge >= 0.3 is 0 Å². The first kappa shape index (κ1) is 12.8. The minimum Gasteiger partial charge on any atom is -0.548 e. The van der Waals surface area contributed by atoms with Gasteiger partial charge in [-0.3, -0.25) is 0 Å². The Morgan fingerprint density at radius 1 is 1.23 bits per heavy atom. The zero-order valence-corrected chi connectivity index (χ0v) is 10.8. The molecule has 78 valence electrons. The van der Waals surface area contributed by atoms with Crippen LogP contribution in [0.2, 0.25) is 19.6 Å². The van der Waals surface area contributed by atoms with Gasteiger partial charge in [0.15, 0.2) is 0 Å². The summed E-state index contributed by atoms with van der Waals surface area (Å²) in [7, 11) is -1.37. The number of hydrogen-bond donors (Lipinski definition) is 0. The van der Waals surface area contributed by atoms with Gasteiger partial charge in [-0.05, 0) is 33.0 Å². The molecule has 1 nitrogen and oxygen atoms in total. The van der Waals surface area contributed by atoms with E-state index < -0.39 is 8.32 Å². The molecule has 0 aliphatic heterocycles. The molecule has 2 heteroatoms. The van der Waals surface area contributed by atoms with Crippen molar-refractivity contribution in [3.8, 4) is 0 Å². The Kier molecular flexibility index (Phi) is 6.13. The van der Waals surface area contributed by atoms with Crippen molar-refractivity contribution < 1.29 is 4.43 Å². The normalized spacial score (nSPS) is 13.2. The lowest BCUT2D eigenvalue weighted by Crippen LogP contribution is -2.24. The second kappa shape index (κ2) is 6.25. The standard InChI is InChI=1S/C11H24OSi/c1-6-8-9-10-11(7-2)12-13(3,4)5/h7H,6,8-10H2,1-5H3/b11-7+. The van der Waals surface area contributed by atoms with E-state index in [1.807, 2.05) is 0 Å². The van der Waals surface area contributed by atoms with Gasteiger partial charge in [0.1, 0.15) is 0 Å². The summed E-state index contributed by atoms with van der Waals surface area (Å²) in [6, 6.07) is 0. The van der Waals surface area contributed by atoms with Crippen LogP contribution in [-0.4, -0.2) is 8.32 Å². The average molecular weight is 200 g/mol. The lowest BCUT2D eigenvalue weighted by Gasteiger charge is -2.21. The van der Waals surface area contributed by atoms with Gasteiger partial charge in [0.05, 0.1) is 5.76 Å². The summed E-state index contributed by atoms with van der Waals surface area (Å²) in [5.41, 5.74) is 0. The average Bonchev–Trinajstić information content (AvgIpc) is 2.01. The monoisotopic (exact) mass is 200 g/mol. The first-order valence-electron chi connectivity index (χ1n) is 5.33. The molecule has 0 saturated heterocycles. The molecule has 0 atom stereocenters. The number of rotatable bonds is 6. The molecule has 0 spiro atoms. The number of allylic oxidation sites excluding steroid dienone is 2. The predicted octanol–water partition coefficient (Wildman–Crippen LogP) is 4.32. The van der Waals surface area contributed by atoms with Gasteiger partial charge in [-0.25, -0.2) is 0 Å². The minimum atomic E-state index is -1.37. The Balaban J connectivity index is 3.79. The molecule has 0 rings (SSSR count). The van der Waals surface area contributed by atoms with Crippen molar-refractivity contribution in [1.29, 1.82) is 0 Å².